The van der Waals surface area contributed by atoms with Crippen LogP contribution in [0.5, 0.6) is 0 Å². The molecular weight excluding hydrogens is 112 g/mol. The standard InChI is InChI=1S/C8H16O/c1-5-6-7(9)8(2,3)4/h5-6H2,1-4H3/i1D3,5D2. The first kappa shape index (κ1) is 3.18. The monoisotopic (exact) mass is 133 g/mol. The van der Waals surface area contributed by atoms with Crippen LogP contribution in [0.4, 0.5) is 0 Å². The Bertz CT molecular complexity index is 223. The lowest BCUT2D eigenvalue weighted by Crippen LogP contribution is -2.19. The van der Waals surface area contributed by atoms with Crippen molar-refractivity contribution in [2.24, 2.45) is 5.41 Å². The van der Waals surface area contributed by atoms with E-state index in [0.29, 0.717) is 0 Å². The number of rotatable bonds is 2. The molecule has 0 spiro atoms. The van der Waals surface area contributed by atoms with Crippen molar-refractivity contribution in [1.29, 1.82) is 0 Å². The summed E-state index contributed by atoms with van der Waals surface area (Å²) in [4.78, 5) is 11.4. The van der Waals surface area contributed by atoms with Gasteiger partial charge < -0.3 is 0 Å². The second-order valence-corrected chi connectivity index (χ2v) is 3.03. The van der Waals surface area contributed by atoms with Crippen LogP contribution < -0.4 is 0 Å². The predicted octanol–water partition coefficient (Wildman–Crippen LogP) is 2.40. The van der Waals surface area contributed by atoms with Gasteiger partial charge in [-0.2, -0.15) is 0 Å². The Kier molecular flexibility index (Phi) is 1.06. The largest absolute Gasteiger partial charge is 0.299 e. The third-order valence-electron chi connectivity index (χ3n) is 1.09. The van der Waals surface area contributed by atoms with Gasteiger partial charge in [0.15, 0.2) is 0 Å². The summed E-state index contributed by atoms with van der Waals surface area (Å²) in [6, 6.07) is 0. The van der Waals surface area contributed by atoms with Gasteiger partial charge >= 0.3 is 0 Å². The summed E-state index contributed by atoms with van der Waals surface area (Å²) in [6.07, 6.45) is -3.00. The molecule has 0 aromatic heterocycles. The van der Waals surface area contributed by atoms with E-state index in [2.05, 4.69) is 0 Å². The van der Waals surface area contributed by atoms with E-state index in [4.69, 9.17) is 6.85 Å². The SMILES string of the molecule is [2H]C([2H])([2H])C([2H])([2H])CC(=O)C(C)(C)C. The Morgan fingerprint density at radius 1 is 1.67 bits per heavy atom. The number of Topliss-reactive ketones (excluding diaryl/α,β-unsaturated/α-hetero) is 1. The van der Waals surface area contributed by atoms with Gasteiger partial charge in [0.05, 0.1) is 0 Å². The molecular formula is C8H16O. The fourth-order valence-electron chi connectivity index (χ4n) is 0.345. The maximum atomic E-state index is 11.4. The summed E-state index contributed by atoms with van der Waals surface area (Å²) < 4.78 is 35.4. The highest BCUT2D eigenvalue weighted by Gasteiger charge is 2.18. The van der Waals surface area contributed by atoms with Gasteiger partial charge in [0.2, 0.25) is 0 Å². The van der Waals surface area contributed by atoms with E-state index in [1.165, 1.54) is 0 Å². The van der Waals surface area contributed by atoms with E-state index in [-0.39, 0.29) is 5.78 Å². The van der Waals surface area contributed by atoms with Crippen LogP contribution in [0.1, 0.15) is 47.3 Å². The van der Waals surface area contributed by atoms with Gasteiger partial charge in [0.25, 0.3) is 0 Å². The number of hydrogen-bond acceptors (Lipinski definition) is 1. The molecule has 0 fully saturated rings. The van der Waals surface area contributed by atoms with Crippen molar-refractivity contribution in [3.63, 3.8) is 0 Å². The maximum Gasteiger partial charge on any atom is 0.138 e. The first-order chi connectivity index (χ1) is 5.88. The number of ketones is 1. The van der Waals surface area contributed by atoms with Crippen LogP contribution in [0.3, 0.4) is 0 Å². The van der Waals surface area contributed by atoms with Gasteiger partial charge in [-0.15, -0.1) is 0 Å². The molecule has 0 saturated carbocycles. The molecule has 0 rings (SSSR count). The fraction of sp³-hybridized carbons (Fsp3) is 0.875. The third kappa shape index (κ3) is 3.28. The zero-order valence-corrected chi connectivity index (χ0v) is 6.12. The first-order valence-electron chi connectivity index (χ1n) is 5.41. The molecule has 0 heterocycles. The van der Waals surface area contributed by atoms with Crippen molar-refractivity contribution >= 4 is 5.78 Å². The first-order valence-corrected chi connectivity index (χ1v) is 2.91. The van der Waals surface area contributed by atoms with Crippen LogP contribution in [-0.4, -0.2) is 5.78 Å². The Morgan fingerprint density at radius 3 is 2.56 bits per heavy atom. The van der Waals surface area contributed by atoms with Crippen LogP contribution in [0.15, 0.2) is 0 Å². The van der Waals surface area contributed by atoms with Gasteiger partial charge in [0.1, 0.15) is 5.78 Å². The van der Waals surface area contributed by atoms with Crippen molar-refractivity contribution in [3.8, 4) is 0 Å². The van der Waals surface area contributed by atoms with E-state index in [1.54, 1.807) is 20.8 Å². The molecule has 1 heteroatoms. The fourth-order valence-corrected chi connectivity index (χ4v) is 0.345. The summed E-state index contributed by atoms with van der Waals surface area (Å²) in [6.45, 7) is 2.19. The highest BCUT2D eigenvalue weighted by atomic mass is 16.1. The van der Waals surface area contributed by atoms with E-state index < -0.39 is 25.1 Å². The van der Waals surface area contributed by atoms with Gasteiger partial charge in [-0.1, -0.05) is 27.6 Å². The molecule has 9 heavy (non-hydrogen) atoms. The summed E-state index contributed by atoms with van der Waals surface area (Å²) in [5.74, 6) is -0.376. The van der Waals surface area contributed by atoms with Crippen molar-refractivity contribution in [1.82, 2.24) is 0 Å². The normalized spacial score (nSPS) is 22.8. The number of carbonyl (C=O) groups excluding carboxylic acids is 1. The molecule has 0 N–H and O–H groups in total. The summed E-state index contributed by atoms with van der Waals surface area (Å²) >= 11 is 0. The van der Waals surface area contributed by atoms with Crippen LogP contribution in [0.2, 0.25) is 0 Å². The second-order valence-electron chi connectivity index (χ2n) is 3.03. The van der Waals surface area contributed by atoms with E-state index in [1.807, 2.05) is 0 Å². The maximum absolute atomic E-state index is 11.4. The average Bonchev–Trinajstić information content (AvgIpc) is 1.80. The lowest BCUT2D eigenvalue weighted by atomic mass is 9.88. The summed E-state index contributed by atoms with van der Waals surface area (Å²) in [7, 11) is 0. The minimum absolute atomic E-state index is 0.376. The molecule has 0 aliphatic heterocycles. The zero-order chi connectivity index (χ0) is 11.8. The highest BCUT2D eigenvalue weighted by molar-refractivity contribution is 5.83. The third-order valence-corrected chi connectivity index (χ3v) is 1.09. The Morgan fingerprint density at radius 2 is 2.22 bits per heavy atom. The van der Waals surface area contributed by atoms with Gasteiger partial charge in [-0.3, -0.25) is 4.79 Å². The molecule has 1 nitrogen and oxygen atoms in total. The smallest absolute Gasteiger partial charge is 0.138 e. The number of carbonyl (C=O) groups is 1. The van der Waals surface area contributed by atoms with Crippen LogP contribution in [0, 0.1) is 5.41 Å². The Balaban J connectivity index is 4.62. The lowest BCUT2D eigenvalue weighted by molar-refractivity contribution is -0.126. The topological polar surface area (TPSA) is 17.1 Å². The Hall–Kier alpha value is -0.330. The van der Waals surface area contributed by atoms with Gasteiger partial charge in [-0.25, -0.2) is 0 Å². The lowest BCUT2D eigenvalue weighted by Gasteiger charge is -2.15. The molecule has 0 atom stereocenters. The second kappa shape index (κ2) is 3.00. The molecule has 0 aromatic rings. The minimum atomic E-state index is -2.74. The average molecular weight is 133 g/mol. The van der Waals surface area contributed by atoms with Crippen LogP contribution in [0.25, 0.3) is 0 Å². The van der Waals surface area contributed by atoms with E-state index >= 15 is 0 Å². The predicted molar refractivity (Wildman–Crippen MR) is 39.4 cm³/mol. The van der Waals surface area contributed by atoms with Gasteiger partial charge in [0, 0.05) is 18.7 Å². The van der Waals surface area contributed by atoms with Crippen LogP contribution >= 0.6 is 0 Å². The highest BCUT2D eigenvalue weighted by Crippen LogP contribution is 2.16. The van der Waals surface area contributed by atoms with Crippen molar-refractivity contribution in [2.45, 2.75) is 40.4 Å². The Labute approximate surface area is 64.5 Å². The molecule has 0 aliphatic rings. The van der Waals surface area contributed by atoms with Crippen molar-refractivity contribution in [2.75, 3.05) is 0 Å². The molecule has 0 bridgehead atoms. The molecule has 54 valence electrons. The van der Waals surface area contributed by atoms with E-state index in [0.717, 1.165) is 0 Å². The molecule has 0 aromatic carbocycles. The number of hydrogen-bond donors (Lipinski definition) is 0. The van der Waals surface area contributed by atoms with Gasteiger partial charge in [-0.05, 0) is 6.37 Å². The van der Waals surface area contributed by atoms with Crippen molar-refractivity contribution in [3.05, 3.63) is 0 Å². The molecule has 0 unspecified atom stereocenters. The molecule has 0 radical (unpaired) electrons. The summed E-state index contributed by atoms with van der Waals surface area (Å²) in [5.41, 5.74) is -0.696. The molecule has 0 amide bonds. The minimum Gasteiger partial charge on any atom is -0.299 e. The van der Waals surface area contributed by atoms with Crippen molar-refractivity contribution < 1.29 is 11.6 Å². The molecule has 0 aliphatic carbocycles. The van der Waals surface area contributed by atoms with E-state index in [9.17, 15) is 4.79 Å². The zero-order valence-electron chi connectivity index (χ0n) is 11.1. The quantitative estimate of drug-likeness (QED) is 0.565. The van der Waals surface area contributed by atoms with Crippen LogP contribution in [-0.2, 0) is 4.79 Å². The summed E-state index contributed by atoms with van der Waals surface area (Å²) in [5, 5.41) is 0. The molecule has 0 saturated heterocycles.